The van der Waals surface area contributed by atoms with Crippen LogP contribution in [-0.2, 0) is 0 Å². The normalized spacial score (nSPS) is 26.9. The molecule has 0 atom stereocenters. The van der Waals surface area contributed by atoms with Crippen LogP contribution in [0.15, 0.2) is 28.7 Å². The fourth-order valence-corrected chi connectivity index (χ4v) is 2.16. The summed E-state index contributed by atoms with van der Waals surface area (Å²) in [6.45, 7) is 0.354. The van der Waals surface area contributed by atoms with Crippen LogP contribution in [0.5, 0.6) is 0 Å². The number of hydrogen-bond acceptors (Lipinski definition) is 1. The minimum Gasteiger partial charge on any atom is -0.396 e. The van der Waals surface area contributed by atoms with Crippen LogP contribution in [0.3, 0.4) is 0 Å². The number of benzene rings is 1. The van der Waals surface area contributed by atoms with Gasteiger partial charge in [0.25, 0.3) is 0 Å². The van der Waals surface area contributed by atoms with E-state index >= 15 is 0 Å². The molecular weight excluding hydrogens is 228 g/mol. The second kappa shape index (κ2) is 3.81. The van der Waals surface area contributed by atoms with E-state index in [9.17, 15) is 0 Å². The smallest absolute Gasteiger partial charge is 0.0459 e. The van der Waals surface area contributed by atoms with Crippen molar-refractivity contribution in [2.24, 2.45) is 5.92 Å². The highest BCUT2D eigenvalue weighted by Gasteiger charge is 2.29. The van der Waals surface area contributed by atoms with Gasteiger partial charge in [0.15, 0.2) is 0 Å². The van der Waals surface area contributed by atoms with E-state index in [2.05, 4.69) is 40.2 Å². The first-order valence-corrected chi connectivity index (χ1v) is 5.45. The van der Waals surface area contributed by atoms with Crippen LogP contribution in [0.25, 0.3) is 0 Å². The van der Waals surface area contributed by atoms with E-state index in [0.717, 1.165) is 17.3 Å². The van der Waals surface area contributed by atoms with Crippen molar-refractivity contribution < 1.29 is 5.11 Å². The maximum atomic E-state index is 8.89. The minimum absolute atomic E-state index is 0.354. The second-order valence-electron chi connectivity index (χ2n) is 3.77. The molecule has 0 aromatic heterocycles. The number of rotatable bonds is 2. The molecule has 0 spiro atoms. The van der Waals surface area contributed by atoms with Gasteiger partial charge in [-0.1, -0.05) is 28.1 Å². The molecule has 0 radical (unpaired) electrons. The van der Waals surface area contributed by atoms with E-state index in [0.29, 0.717) is 18.4 Å². The zero-order valence-corrected chi connectivity index (χ0v) is 9.00. The Kier molecular flexibility index (Phi) is 2.70. The maximum Gasteiger partial charge on any atom is 0.0459 e. The standard InChI is InChI=1S/C11H13BrO/c12-11-3-1-9(2-4-11)10-5-8(6-10)7-13/h1-4,8,10,13H,5-7H2. The quantitative estimate of drug-likeness (QED) is 0.843. The lowest BCUT2D eigenvalue weighted by atomic mass is 9.72. The van der Waals surface area contributed by atoms with E-state index in [1.807, 2.05) is 0 Å². The van der Waals surface area contributed by atoms with Gasteiger partial charge in [0, 0.05) is 11.1 Å². The molecule has 1 N–H and O–H groups in total. The van der Waals surface area contributed by atoms with Crippen molar-refractivity contribution in [3.63, 3.8) is 0 Å². The van der Waals surface area contributed by atoms with Gasteiger partial charge in [-0.25, -0.2) is 0 Å². The molecule has 1 nitrogen and oxygen atoms in total. The fourth-order valence-electron chi connectivity index (χ4n) is 1.89. The molecule has 70 valence electrons. The Bertz CT molecular complexity index is 275. The van der Waals surface area contributed by atoms with Gasteiger partial charge in [-0.2, -0.15) is 0 Å². The molecule has 1 aromatic carbocycles. The van der Waals surface area contributed by atoms with Gasteiger partial charge in [-0.05, 0) is 42.4 Å². The molecule has 2 rings (SSSR count). The highest BCUT2D eigenvalue weighted by atomic mass is 79.9. The highest BCUT2D eigenvalue weighted by Crippen LogP contribution is 2.41. The van der Waals surface area contributed by atoms with Crippen molar-refractivity contribution in [1.82, 2.24) is 0 Å². The van der Waals surface area contributed by atoms with Gasteiger partial charge in [-0.3, -0.25) is 0 Å². The van der Waals surface area contributed by atoms with E-state index in [-0.39, 0.29) is 0 Å². The van der Waals surface area contributed by atoms with E-state index in [1.165, 1.54) is 5.56 Å². The first kappa shape index (κ1) is 9.22. The summed E-state index contributed by atoms with van der Waals surface area (Å²) < 4.78 is 1.13. The molecule has 1 fully saturated rings. The summed E-state index contributed by atoms with van der Waals surface area (Å²) in [6.07, 6.45) is 2.30. The van der Waals surface area contributed by atoms with E-state index < -0.39 is 0 Å². The van der Waals surface area contributed by atoms with Crippen LogP contribution >= 0.6 is 15.9 Å². The Morgan fingerprint density at radius 3 is 2.38 bits per heavy atom. The van der Waals surface area contributed by atoms with Gasteiger partial charge in [0.1, 0.15) is 0 Å². The number of aliphatic hydroxyl groups excluding tert-OH is 1. The van der Waals surface area contributed by atoms with Crippen LogP contribution in [0.1, 0.15) is 24.3 Å². The van der Waals surface area contributed by atoms with Gasteiger partial charge < -0.3 is 5.11 Å². The Balaban J connectivity index is 1.99. The Morgan fingerprint density at radius 1 is 1.23 bits per heavy atom. The number of hydrogen-bond donors (Lipinski definition) is 1. The minimum atomic E-state index is 0.354. The van der Waals surface area contributed by atoms with Crippen molar-refractivity contribution >= 4 is 15.9 Å². The Labute approximate surface area is 86.9 Å². The molecule has 0 saturated heterocycles. The fraction of sp³-hybridized carbons (Fsp3) is 0.455. The Hall–Kier alpha value is -0.340. The van der Waals surface area contributed by atoms with Crippen LogP contribution in [-0.4, -0.2) is 11.7 Å². The molecule has 2 heteroatoms. The molecule has 0 aliphatic heterocycles. The summed E-state index contributed by atoms with van der Waals surface area (Å²) in [4.78, 5) is 0. The van der Waals surface area contributed by atoms with Gasteiger partial charge in [0.2, 0.25) is 0 Å². The SMILES string of the molecule is OCC1CC(c2ccc(Br)cc2)C1. The van der Waals surface area contributed by atoms with Crippen molar-refractivity contribution in [1.29, 1.82) is 0 Å². The number of halogens is 1. The lowest BCUT2D eigenvalue weighted by Gasteiger charge is -2.34. The molecule has 1 aliphatic carbocycles. The van der Waals surface area contributed by atoms with Crippen molar-refractivity contribution in [3.8, 4) is 0 Å². The Morgan fingerprint density at radius 2 is 1.85 bits per heavy atom. The van der Waals surface area contributed by atoms with Crippen molar-refractivity contribution in [3.05, 3.63) is 34.3 Å². The lowest BCUT2D eigenvalue weighted by Crippen LogP contribution is -2.24. The van der Waals surface area contributed by atoms with Gasteiger partial charge in [0.05, 0.1) is 0 Å². The molecule has 0 amide bonds. The van der Waals surface area contributed by atoms with Crippen LogP contribution in [0.4, 0.5) is 0 Å². The molecular formula is C11H13BrO. The third-order valence-corrected chi connectivity index (χ3v) is 3.36. The summed E-state index contributed by atoms with van der Waals surface area (Å²) in [6, 6.07) is 8.51. The average Bonchev–Trinajstić information content (AvgIpc) is 2.06. The van der Waals surface area contributed by atoms with Gasteiger partial charge >= 0.3 is 0 Å². The molecule has 0 bridgehead atoms. The summed E-state index contributed by atoms with van der Waals surface area (Å²) in [5.41, 5.74) is 1.41. The van der Waals surface area contributed by atoms with Crippen molar-refractivity contribution in [2.75, 3.05) is 6.61 Å². The predicted octanol–water partition coefficient (Wildman–Crippen LogP) is 2.94. The summed E-state index contributed by atoms with van der Waals surface area (Å²) >= 11 is 3.42. The van der Waals surface area contributed by atoms with Gasteiger partial charge in [-0.15, -0.1) is 0 Å². The summed E-state index contributed by atoms with van der Waals surface area (Å²) in [5, 5.41) is 8.89. The van der Waals surface area contributed by atoms with Crippen molar-refractivity contribution in [2.45, 2.75) is 18.8 Å². The number of aliphatic hydroxyl groups is 1. The lowest BCUT2D eigenvalue weighted by molar-refractivity contribution is 0.142. The average molecular weight is 241 g/mol. The van der Waals surface area contributed by atoms with Crippen LogP contribution in [0, 0.1) is 5.92 Å². The monoisotopic (exact) mass is 240 g/mol. The zero-order chi connectivity index (χ0) is 9.26. The molecule has 0 unspecified atom stereocenters. The summed E-state index contributed by atoms with van der Waals surface area (Å²) in [7, 11) is 0. The summed E-state index contributed by atoms with van der Waals surface area (Å²) in [5.74, 6) is 1.24. The first-order chi connectivity index (χ1) is 6.29. The third-order valence-electron chi connectivity index (χ3n) is 2.84. The highest BCUT2D eigenvalue weighted by molar-refractivity contribution is 9.10. The van der Waals surface area contributed by atoms with Crippen LogP contribution < -0.4 is 0 Å². The predicted molar refractivity (Wildman–Crippen MR) is 56.7 cm³/mol. The van der Waals surface area contributed by atoms with Crippen LogP contribution in [0.2, 0.25) is 0 Å². The molecule has 13 heavy (non-hydrogen) atoms. The topological polar surface area (TPSA) is 20.2 Å². The largest absolute Gasteiger partial charge is 0.396 e. The molecule has 1 aromatic rings. The van der Waals surface area contributed by atoms with E-state index in [4.69, 9.17) is 5.11 Å². The first-order valence-electron chi connectivity index (χ1n) is 4.66. The third kappa shape index (κ3) is 1.94. The molecule has 1 saturated carbocycles. The second-order valence-corrected chi connectivity index (χ2v) is 4.68. The maximum absolute atomic E-state index is 8.89. The molecule has 0 heterocycles. The molecule has 1 aliphatic rings. The van der Waals surface area contributed by atoms with E-state index in [1.54, 1.807) is 0 Å². The zero-order valence-electron chi connectivity index (χ0n) is 7.41.